The summed E-state index contributed by atoms with van der Waals surface area (Å²) in [7, 11) is -2.18. The van der Waals surface area contributed by atoms with Gasteiger partial charge in [0.25, 0.3) is 0 Å². The van der Waals surface area contributed by atoms with Crippen molar-refractivity contribution in [2.75, 3.05) is 44.8 Å². The van der Waals surface area contributed by atoms with Crippen LogP contribution in [0.3, 0.4) is 0 Å². The molecular formula is C22H31N5O5S. The number of nitrogens with zero attached hydrogens (tertiary/aromatic N) is 3. The molecule has 0 saturated carbocycles. The second kappa shape index (κ2) is 10.3. The zero-order valence-corrected chi connectivity index (χ0v) is 19.5. The van der Waals surface area contributed by atoms with E-state index in [0.29, 0.717) is 18.9 Å². The number of hydrogen-bond donors (Lipinski definition) is 3. The Balaban J connectivity index is 1.20. The molecule has 11 heteroatoms. The molecule has 0 bridgehead atoms. The van der Waals surface area contributed by atoms with E-state index < -0.39 is 16.1 Å². The van der Waals surface area contributed by atoms with Gasteiger partial charge in [-0.25, -0.2) is 23.1 Å². The number of sulfonamides is 1. The van der Waals surface area contributed by atoms with Crippen molar-refractivity contribution < 1.29 is 23.0 Å². The van der Waals surface area contributed by atoms with Gasteiger partial charge >= 0.3 is 0 Å². The maximum atomic E-state index is 11.9. The number of aliphatic hydroxyl groups is 1. The zero-order chi connectivity index (χ0) is 23.3. The largest absolute Gasteiger partial charge is 0.491 e. The van der Waals surface area contributed by atoms with Gasteiger partial charge < -0.3 is 24.8 Å². The van der Waals surface area contributed by atoms with E-state index in [1.165, 1.54) is 19.2 Å². The summed E-state index contributed by atoms with van der Waals surface area (Å²) in [5, 5.41) is 13.7. The average molecular weight is 478 g/mol. The minimum atomic E-state index is -3.54. The van der Waals surface area contributed by atoms with Crippen molar-refractivity contribution in [1.29, 1.82) is 0 Å². The third-order valence-electron chi connectivity index (χ3n) is 6.24. The highest BCUT2D eigenvalue weighted by atomic mass is 32.2. The second-order valence-corrected chi connectivity index (χ2v) is 10.4. The van der Waals surface area contributed by atoms with Crippen LogP contribution in [0.4, 0.5) is 5.82 Å². The van der Waals surface area contributed by atoms with Crippen LogP contribution in [-0.2, 0) is 14.8 Å². The predicted octanol–water partition coefficient (Wildman–Crippen LogP) is 0.542. The van der Waals surface area contributed by atoms with Gasteiger partial charge in [0.05, 0.1) is 17.1 Å². The van der Waals surface area contributed by atoms with E-state index in [4.69, 9.17) is 9.47 Å². The third kappa shape index (κ3) is 5.98. The van der Waals surface area contributed by atoms with Crippen LogP contribution in [0.15, 0.2) is 47.8 Å². The second-order valence-electron chi connectivity index (χ2n) is 8.51. The Hall–Kier alpha value is -2.31. The lowest BCUT2D eigenvalue weighted by atomic mass is 9.87. The smallest absolute Gasteiger partial charge is 0.240 e. The molecule has 10 nitrogen and oxygen atoms in total. The Morgan fingerprint density at radius 1 is 1.33 bits per heavy atom. The Kier molecular flexibility index (Phi) is 7.45. The molecule has 2 aromatic rings. The Morgan fingerprint density at radius 3 is 2.88 bits per heavy atom. The monoisotopic (exact) mass is 477 g/mol. The molecular weight excluding hydrogens is 446 g/mol. The molecule has 33 heavy (non-hydrogen) atoms. The van der Waals surface area contributed by atoms with Crippen molar-refractivity contribution in [2.24, 2.45) is 0 Å². The van der Waals surface area contributed by atoms with E-state index in [2.05, 4.69) is 24.9 Å². The number of piperidine rings is 1. The predicted molar refractivity (Wildman–Crippen MR) is 123 cm³/mol. The summed E-state index contributed by atoms with van der Waals surface area (Å²) >= 11 is 0. The van der Waals surface area contributed by atoms with E-state index >= 15 is 0 Å². The van der Waals surface area contributed by atoms with E-state index in [0.717, 1.165) is 38.2 Å². The number of nitrogens with one attached hydrogen (secondary N) is 2. The summed E-state index contributed by atoms with van der Waals surface area (Å²) in [4.78, 5) is 10.7. The Morgan fingerprint density at radius 2 is 2.15 bits per heavy atom. The molecule has 3 N–H and O–H groups in total. The standard InChI is InChI=1S/C22H31N5O5S/c1-23-33(29,30)20-4-2-3-19(11-20)31-15-18(28)13-25-17-12-22(32-14-17)6-9-27(10-7-22)21-5-8-24-16-26-21/h2-5,8,11,16-18,23,25,28H,6-7,9-10,12-15H2,1H3/t17-,18?/m1/s1. The first-order chi connectivity index (χ1) is 15.9. The van der Waals surface area contributed by atoms with Gasteiger partial charge in [0.2, 0.25) is 10.0 Å². The summed E-state index contributed by atoms with van der Waals surface area (Å²) in [6.45, 7) is 2.82. The molecule has 0 aliphatic carbocycles. The molecule has 2 atom stereocenters. The van der Waals surface area contributed by atoms with Crippen LogP contribution in [0, 0.1) is 0 Å². The fourth-order valence-electron chi connectivity index (χ4n) is 4.34. The number of hydrogen-bond acceptors (Lipinski definition) is 9. The minimum Gasteiger partial charge on any atom is -0.491 e. The SMILES string of the molecule is CNS(=O)(=O)c1cccc(OCC(O)CN[C@H]2COC3(CCN(c4ccncn4)CC3)C2)c1. The number of rotatable bonds is 9. The van der Waals surface area contributed by atoms with Crippen molar-refractivity contribution >= 4 is 15.8 Å². The van der Waals surface area contributed by atoms with Gasteiger partial charge in [-0.05, 0) is 44.5 Å². The van der Waals surface area contributed by atoms with Crippen LogP contribution in [0.25, 0.3) is 0 Å². The lowest BCUT2D eigenvalue weighted by Gasteiger charge is -2.39. The van der Waals surface area contributed by atoms with E-state index in [1.54, 1.807) is 24.7 Å². The van der Waals surface area contributed by atoms with Crippen LogP contribution in [0.2, 0.25) is 0 Å². The van der Waals surface area contributed by atoms with Gasteiger partial charge in [-0.15, -0.1) is 0 Å². The summed E-state index contributed by atoms with van der Waals surface area (Å²) in [6, 6.07) is 8.30. The van der Waals surface area contributed by atoms with Crippen LogP contribution >= 0.6 is 0 Å². The Labute approximate surface area is 194 Å². The maximum absolute atomic E-state index is 11.9. The topological polar surface area (TPSA) is 126 Å². The van der Waals surface area contributed by atoms with E-state index in [9.17, 15) is 13.5 Å². The molecule has 3 heterocycles. The summed E-state index contributed by atoms with van der Waals surface area (Å²) in [5.74, 6) is 1.34. The van der Waals surface area contributed by atoms with Gasteiger partial charge in [-0.3, -0.25) is 0 Å². The number of anilines is 1. The lowest BCUT2D eigenvalue weighted by Crippen LogP contribution is -2.45. The normalized spacial score (nSPS) is 21.3. The molecule has 0 radical (unpaired) electrons. The molecule has 4 rings (SSSR count). The van der Waals surface area contributed by atoms with Gasteiger partial charge in [-0.2, -0.15) is 0 Å². The highest BCUT2D eigenvalue weighted by Gasteiger charge is 2.42. The van der Waals surface area contributed by atoms with Crippen molar-refractivity contribution in [2.45, 2.75) is 41.9 Å². The number of ether oxygens (including phenoxy) is 2. The first-order valence-corrected chi connectivity index (χ1v) is 12.6. The Bertz CT molecular complexity index is 1010. The van der Waals surface area contributed by atoms with E-state index in [-0.39, 0.29) is 23.1 Å². The lowest BCUT2D eigenvalue weighted by molar-refractivity contribution is -0.0151. The van der Waals surface area contributed by atoms with Crippen LogP contribution in [-0.4, -0.2) is 81.1 Å². The molecule has 1 aromatic heterocycles. The first-order valence-electron chi connectivity index (χ1n) is 11.1. The van der Waals surface area contributed by atoms with Gasteiger partial charge in [0.15, 0.2) is 0 Å². The zero-order valence-electron chi connectivity index (χ0n) is 18.7. The third-order valence-corrected chi connectivity index (χ3v) is 7.66. The van der Waals surface area contributed by atoms with Gasteiger partial charge in [0, 0.05) is 37.9 Å². The molecule has 0 amide bonds. The fraction of sp³-hybridized carbons (Fsp3) is 0.545. The van der Waals surface area contributed by atoms with Gasteiger partial charge in [-0.1, -0.05) is 6.07 Å². The molecule has 2 aliphatic rings. The number of aromatic nitrogens is 2. The van der Waals surface area contributed by atoms with Crippen LogP contribution < -0.4 is 19.7 Å². The molecule has 2 fully saturated rings. The van der Waals surface area contributed by atoms with E-state index in [1.807, 2.05) is 6.07 Å². The van der Waals surface area contributed by atoms with Gasteiger partial charge in [0.1, 0.15) is 30.6 Å². The van der Waals surface area contributed by atoms with Crippen molar-refractivity contribution in [3.05, 3.63) is 42.9 Å². The quantitative estimate of drug-likeness (QED) is 0.474. The average Bonchev–Trinajstić information content (AvgIpc) is 3.25. The maximum Gasteiger partial charge on any atom is 0.240 e. The van der Waals surface area contributed by atoms with Crippen LogP contribution in [0.1, 0.15) is 19.3 Å². The van der Waals surface area contributed by atoms with Crippen molar-refractivity contribution in [1.82, 2.24) is 20.0 Å². The highest BCUT2D eigenvalue weighted by molar-refractivity contribution is 7.89. The highest BCUT2D eigenvalue weighted by Crippen LogP contribution is 2.36. The summed E-state index contributed by atoms with van der Waals surface area (Å²) in [6.07, 6.45) is 5.38. The first kappa shape index (κ1) is 23.8. The molecule has 1 aromatic carbocycles. The number of aliphatic hydroxyl groups excluding tert-OH is 1. The summed E-state index contributed by atoms with van der Waals surface area (Å²) in [5.41, 5.74) is -0.123. The molecule has 180 valence electrons. The van der Waals surface area contributed by atoms with Crippen LogP contribution in [0.5, 0.6) is 5.75 Å². The molecule has 1 unspecified atom stereocenters. The van der Waals surface area contributed by atoms with Crippen molar-refractivity contribution in [3.8, 4) is 5.75 Å². The minimum absolute atomic E-state index is 0.0582. The molecule has 2 aliphatic heterocycles. The molecule has 1 spiro atoms. The summed E-state index contributed by atoms with van der Waals surface area (Å²) < 4.78 is 37.9. The number of benzene rings is 1. The fourth-order valence-corrected chi connectivity index (χ4v) is 5.11. The molecule has 2 saturated heterocycles. The van der Waals surface area contributed by atoms with Crippen molar-refractivity contribution in [3.63, 3.8) is 0 Å².